The Morgan fingerprint density at radius 3 is 2.57 bits per heavy atom. The van der Waals surface area contributed by atoms with E-state index in [1.807, 2.05) is 0 Å². The monoisotopic (exact) mass is 317 g/mol. The Kier molecular flexibility index (Phi) is 3.71. The van der Waals surface area contributed by atoms with E-state index in [1.165, 1.54) is 0 Å². The molecule has 4 amide bonds. The molecule has 2 aliphatic rings. The molecule has 1 saturated carbocycles. The molecule has 1 aliphatic heterocycles. The van der Waals surface area contributed by atoms with Gasteiger partial charge in [-0.3, -0.25) is 14.5 Å². The molecule has 1 heterocycles. The van der Waals surface area contributed by atoms with E-state index >= 15 is 0 Å². The van der Waals surface area contributed by atoms with Crippen LogP contribution in [0.2, 0.25) is 0 Å². The van der Waals surface area contributed by atoms with Crippen LogP contribution >= 0.6 is 0 Å². The van der Waals surface area contributed by atoms with Gasteiger partial charge in [0.2, 0.25) is 5.91 Å². The number of nitrogens with one attached hydrogen (secondary N) is 2. The summed E-state index contributed by atoms with van der Waals surface area (Å²) < 4.78 is 5.04. The fraction of sp³-hybridized carbons (Fsp3) is 0.438. The molecular weight excluding hydrogens is 298 g/mol. The minimum absolute atomic E-state index is 0.175. The Morgan fingerprint density at radius 1 is 1.35 bits per heavy atom. The molecule has 23 heavy (non-hydrogen) atoms. The molecule has 0 unspecified atom stereocenters. The molecule has 0 radical (unpaired) electrons. The molecule has 3 rings (SSSR count). The van der Waals surface area contributed by atoms with Gasteiger partial charge in [-0.1, -0.05) is 0 Å². The quantitative estimate of drug-likeness (QED) is 0.803. The summed E-state index contributed by atoms with van der Waals surface area (Å²) >= 11 is 0. The van der Waals surface area contributed by atoms with Crippen molar-refractivity contribution in [2.75, 3.05) is 19.0 Å². The predicted molar refractivity (Wildman–Crippen MR) is 83.0 cm³/mol. The van der Waals surface area contributed by atoms with Crippen LogP contribution in [0.15, 0.2) is 24.3 Å². The zero-order valence-electron chi connectivity index (χ0n) is 13.1. The molecule has 0 spiro atoms. The third-order valence-electron chi connectivity index (χ3n) is 4.37. The van der Waals surface area contributed by atoms with Crippen molar-refractivity contribution >= 4 is 23.5 Å². The third-order valence-corrected chi connectivity index (χ3v) is 4.37. The second kappa shape index (κ2) is 5.57. The summed E-state index contributed by atoms with van der Waals surface area (Å²) in [5.41, 5.74) is -0.287. The van der Waals surface area contributed by atoms with E-state index in [2.05, 4.69) is 10.6 Å². The van der Waals surface area contributed by atoms with Crippen LogP contribution in [0, 0.1) is 5.92 Å². The maximum atomic E-state index is 12.4. The van der Waals surface area contributed by atoms with Gasteiger partial charge in [0.1, 0.15) is 17.8 Å². The van der Waals surface area contributed by atoms with Crippen molar-refractivity contribution in [1.29, 1.82) is 0 Å². The summed E-state index contributed by atoms with van der Waals surface area (Å²) in [6, 6.07) is 6.31. The molecule has 7 heteroatoms. The Morgan fingerprint density at radius 2 is 2.00 bits per heavy atom. The molecule has 2 fully saturated rings. The van der Waals surface area contributed by atoms with Gasteiger partial charge in [-0.2, -0.15) is 0 Å². The first kappa shape index (κ1) is 15.3. The fourth-order valence-electron chi connectivity index (χ4n) is 2.82. The lowest BCUT2D eigenvalue weighted by molar-refractivity contribution is -0.134. The average Bonchev–Trinajstić information content (AvgIpc) is 3.34. The maximum Gasteiger partial charge on any atom is 0.325 e. The number of carbonyl (C=O) groups is 3. The minimum atomic E-state index is -0.864. The molecule has 1 aliphatic carbocycles. The summed E-state index contributed by atoms with van der Waals surface area (Å²) in [6.07, 6.45) is 1.85. The van der Waals surface area contributed by atoms with Gasteiger partial charge in [0, 0.05) is 5.69 Å². The number of carbonyl (C=O) groups excluding carboxylic acids is 3. The number of rotatable bonds is 5. The summed E-state index contributed by atoms with van der Waals surface area (Å²) in [7, 11) is 1.56. The van der Waals surface area contributed by atoms with Gasteiger partial charge >= 0.3 is 6.03 Å². The summed E-state index contributed by atoms with van der Waals surface area (Å²) in [5, 5.41) is 5.38. The molecule has 1 aromatic rings. The topological polar surface area (TPSA) is 87.7 Å². The molecule has 1 atom stereocenters. The van der Waals surface area contributed by atoms with E-state index in [4.69, 9.17) is 4.74 Å². The van der Waals surface area contributed by atoms with Crippen LogP contribution in [0.3, 0.4) is 0 Å². The number of hydrogen-bond donors (Lipinski definition) is 2. The van der Waals surface area contributed by atoms with Gasteiger partial charge in [-0.25, -0.2) is 4.79 Å². The lowest BCUT2D eigenvalue weighted by Crippen LogP contribution is -2.46. The van der Waals surface area contributed by atoms with Crippen LogP contribution in [-0.2, 0) is 9.59 Å². The van der Waals surface area contributed by atoms with Crippen LogP contribution in [0.25, 0.3) is 0 Å². The van der Waals surface area contributed by atoms with Gasteiger partial charge in [0.15, 0.2) is 0 Å². The molecule has 2 N–H and O–H groups in total. The zero-order valence-corrected chi connectivity index (χ0v) is 13.1. The predicted octanol–water partition coefficient (Wildman–Crippen LogP) is 1.35. The first-order valence-corrected chi connectivity index (χ1v) is 7.52. The number of benzene rings is 1. The fourth-order valence-corrected chi connectivity index (χ4v) is 2.82. The Bertz CT molecular complexity index is 654. The van der Waals surface area contributed by atoms with Gasteiger partial charge in [-0.15, -0.1) is 0 Å². The van der Waals surface area contributed by atoms with E-state index in [9.17, 15) is 14.4 Å². The summed E-state index contributed by atoms with van der Waals surface area (Å²) in [4.78, 5) is 37.5. The molecule has 1 aromatic carbocycles. The first-order chi connectivity index (χ1) is 10.9. The lowest BCUT2D eigenvalue weighted by atomic mass is 9.96. The highest BCUT2D eigenvalue weighted by Crippen LogP contribution is 2.42. The largest absolute Gasteiger partial charge is 0.497 e. The van der Waals surface area contributed by atoms with Crippen molar-refractivity contribution in [3.63, 3.8) is 0 Å². The SMILES string of the molecule is COc1ccc(NC(=O)CN2C(=O)N[C@@](C)(C3CC3)C2=O)cc1. The standard InChI is InChI=1S/C16H19N3O4/c1-16(10-3-4-10)14(21)19(15(22)18-16)9-13(20)17-11-5-7-12(23-2)8-6-11/h5-8,10H,3-4,9H2,1-2H3,(H,17,20)(H,18,22)/t16-/m0/s1. The van der Waals surface area contributed by atoms with Crippen LogP contribution in [0.1, 0.15) is 19.8 Å². The second-order valence-electron chi connectivity index (χ2n) is 6.07. The van der Waals surface area contributed by atoms with Crippen molar-refractivity contribution in [1.82, 2.24) is 10.2 Å². The molecule has 1 saturated heterocycles. The van der Waals surface area contributed by atoms with Crippen molar-refractivity contribution in [3.8, 4) is 5.75 Å². The van der Waals surface area contributed by atoms with Gasteiger partial charge in [0.05, 0.1) is 7.11 Å². The van der Waals surface area contributed by atoms with Crippen LogP contribution in [0.5, 0.6) is 5.75 Å². The van der Waals surface area contributed by atoms with Crippen LogP contribution < -0.4 is 15.4 Å². The van der Waals surface area contributed by atoms with Crippen molar-refractivity contribution in [2.45, 2.75) is 25.3 Å². The van der Waals surface area contributed by atoms with E-state index in [0.29, 0.717) is 11.4 Å². The lowest BCUT2D eigenvalue weighted by Gasteiger charge is -2.20. The minimum Gasteiger partial charge on any atom is -0.497 e. The smallest absolute Gasteiger partial charge is 0.325 e. The highest BCUT2D eigenvalue weighted by Gasteiger charge is 2.56. The van der Waals surface area contributed by atoms with Gasteiger partial charge < -0.3 is 15.4 Å². The van der Waals surface area contributed by atoms with Gasteiger partial charge in [0.25, 0.3) is 5.91 Å². The number of ether oxygens (including phenoxy) is 1. The Hall–Kier alpha value is -2.57. The summed E-state index contributed by atoms with van der Waals surface area (Å²) in [6.45, 7) is 1.44. The number of nitrogens with zero attached hydrogens (tertiary/aromatic N) is 1. The maximum absolute atomic E-state index is 12.4. The summed E-state index contributed by atoms with van der Waals surface area (Å²) in [5.74, 6) is 0.111. The number of methoxy groups -OCH3 is 1. The highest BCUT2D eigenvalue weighted by atomic mass is 16.5. The van der Waals surface area contributed by atoms with Gasteiger partial charge in [-0.05, 0) is 49.9 Å². The normalized spacial score (nSPS) is 23.7. The average molecular weight is 317 g/mol. The number of urea groups is 1. The molecule has 122 valence electrons. The van der Waals surface area contributed by atoms with Crippen LogP contribution in [-0.4, -0.2) is 41.9 Å². The number of amides is 4. The third kappa shape index (κ3) is 2.86. The van der Waals surface area contributed by atoms with E-state index < -0.39 is 17.5 Å². The molecule has 0 bridgehead atoms. The van der Waals surface area contributed by atoms with Crippen molar-refractivity contribution in [3.05, 3.63) is 24.3 Å². The Labute approximate surface area is 134 Å². The number of imide groups is 1. The first-order valence-electron chi connectivity index (χ1n) is 7.52. The second-order valence-corrected chi connectivity index (χ2v) is 6.07. The molecule has 0 aromatic heterocycles. The van der Waals surface area contributed by atoms with Crippen LogP contribution in [0.4, 0.5) is 10.5 Å². The van der Waals surface area contributed by atoms with Crippen molar-refractivity contribution in [2.24, 2.45) is 5.92 Å². The molecule has 7 nitrogen and oxygen atoms in total. The zero-order chi connectivity index (χ0) is 16.6. The van der Waals surface area contributed by atoms with E-state index in [1.54, 1.807) is 38.3 Å². The molecular formula is C16H19N3O4. The number of hydrogen-bond acceptors (Lipinski definition) is 4. The van der Waals surface area contributed by atoms with Crippen molar-refractivity contribution < 1.29 is 19.1 Å². The number of anilines is 1. The van der Waals surface area contributed by atoms with E-state index in [-0.39, 0.29) is 18.4 Å². The Balaban J connectivity index is 1.63. The van der Waals surface area contributed by atoms with E-state index in [0.717, 1.165) is 17.7 Å². The highest BCUT2D eigenvalue weighted by molar-refractivity contribution is 6.10.